The molecule has 0 heterocycles. The van der Waals surface area contributed by atoms with Crippen LogP contribution in [0.25, 0.3) is 0 Å². The predicted octanol–water partition coefficient (Wildman–Crippen LogP) is 4.44. The minimum Gasteiger partial charge on any atom is -0.412 e. The Hall–Kier alpha value is 0.177. The normalized spacial score (nSPS) is 15.0. The first-order valence-corrected chi connectivity index (χ1v) is 8.51. The average Bonchev–Trinajstić information content (AvgIpc) is 1.80. The van der Waals surface area contributed by atoms with Crippen LogP contribution in [0, 0.1) is 5.92 Å². The molecule has 0 aromatic heterocycles. The van der Waals surface area contributed by atoms with E-state index in [2.05, 4.69) is 61.6 Å². The van der Waals surface area contributed by atoms with E-state index in [9.17, 15) is 0 Å². The summed E-state index contributed by atoms with van der Waals surface area (Å²) in [6, 6.07) is 0. The lowest BCUT2D eigenvalue weighted by Crippen LogP contribution is -2.49. The number of rotatable bonds is 3. The fraction of sp³-hybridized carbons (Fsp3) is 1.00. The van der Waals surface area contributed by atoms with Crippen LogP contribution in [0.2, 0.25) is 18.1 Å². The molecular weight excluding hydrogens is 188 g/mol. The van der Waals surface area contributed by atoms with Gasteiger partial charge in [0.1, 0.15) is 0 Å². The van der Waals surface area contributed by atoms with Gasteiger partial charge in [-0.3, -0.25) is 0 Å². The molecule has 0 amide bonds. The highest BCUT2D eigenvalue weighted by Crippen LogP contribution is 2.40. The largest absolute Gasteiger partial charge is 0.412 e. The van der Waals surface area contributed by atoms with Crippen molar-refractivity contribution in [2.45, 2.75) is 72.2 Å². The fourth-order valence-corrected chi connectivity index (χ4v) is 2.79. The van der Waals surface area contributed by atoms with E-state index in [1.807, 2.05) is 0 Å². The molecule has 0 aromatic carbocycles. The first kappa shape index (κ1) is 14.2. The Labute approximate surface area is 91.4 Å². The summed E-state index contributed by atoms with van der Waals surface area (Å²) in [5.74, 6) is 0.566. The van der Waals surface area contributed by atoms with Crippen molar-refractivity contribution in [1.29, 1.82) is 0 Å². The first-order valence-electron chi connectivity index (χ1n) is 5.60. The molecule has 0 aliphatic rings. The molecule has 0 unspecified atom stereocenters. The minimum atomic E-state index is -1.60. The molecule has 0 rings (SSSR count). The maximum absolute atomic E-state index is 6.39. The summed E-state index contributed by atoms with van der Waals surface area (Å²) in [5, 5.41) is 0.305. The topological polar surface area (TPSA) is 9.23 Å². The Bertz CT molecular complexity index is 187. The molecule has 86 valence electrons. The summed E-state index contributed by atoms with van der Waals surface area (Å²) in [5.41, 5.74) is 0.00298. The third-order valence-electron chi connectivity index (χ3n) is 3.71. The van der Waals surface area contributed by atoms with Crippen molar-refractivity contribution < 1.29 is 4.43 Å². The molecule has 0 bridgehead atoms. The number of hydrogen-bond acceptors (Lipinski definition) is 1. The maximum atomic E-state index is 6.39. The molecule has 0 aliphatic heterocycles. The van der Waals surface area contributed by atoms with Crippen molar-refractivity contribution in [2.75, 3.05) is 0 Å². The monoisotopic (exact) mass is 216 g/mol. The van der Waals surface area contributed by atoms with Gasteiger partial charge in [0.25, 0.3) is 0 Å². The quantitative estimate of drug-likeness (QED) is 0.634. The third kappa shape index (κ3) is 3.39. The first-order chi connectivity index (χ1) is 5.90. The van der Waals surface area contributed by atoms with Crippen molar-refractivity contribution in [3.05, 3.63) is 0 Å². The molecule has 0 spiro atoms. The van der Waals surface area contributed by atoms with E-state index in [0.717, 1.165) is 0 Å². The van der Waals surface area contributed by atoms with Gasteiger partial charge in [-0.1, -0.05) is 34.6 Å². The van der Waals surface area contributed by atoms with Gasteiger partial charge in [-0.15, -0.1) is 0 Å². The molecule has 14 heavy (non-hydrogen) atoms. The smallest absolute Gasteiger partial charge is 0.192 e. The summed E-state index contributed by atoms with van der Waals surface area (Å²) in [7, 11) is -1.60. The average molecular weight is 216 g/mol. The minimum absolute atomic E-state index is 0.00298. The van der Waals surface area contributed by atoms with Crippen LogP contribution >= 0.6 is 0 Å². The van der Waals surface area contributed by atoms with E-state index >= 15 is 0 Å². The standard InChI is InChI=1S/C12H28OSi/c1-10(2)12(6,7)13-14(8,9)11(3,4)5/h10H,1-9H3. The summed E-state index contributed by atoms with van der Waals surface area (Å²) in [6.07, 6.45) is 0. The second-order valence-corrected chi connectivity index (χ2v) is 11.3. The van der Waals surface area contributed by atoms with Crippen LogP contribution in [-0.4, -0.2) is 13.9 Å². The van der Waals surface area contributed by atoms with E-state index in [1.54, 1.807) is 0 Å². The highest BCUT2D eigenvalue weighted by molar-refractivity contribution is 6.74. The lowest BCUT2D eigenvalue weighted by Gasteiger charge is -2.44. The third-order valence-corrected chi connectivity index (χ3v) is 8.36. The lowest BCUT2D eigenvalue weighted by molar-refractivity contribution is 0.0448. The predicted molar refractivity (Wildman–Crippen MR) is 67.2 cm³/mol. The van der Waals surface area contributed by atoms with Gasteiger partial charge in [0.15, 0.2) is 8.32 Å². The van der Waals surface area contributed by atoms with Crippen molar-refractivity contribution in [2.24, 2.45) is 5.92 Å². The Morgan fingerprint density at radius 1 is 0.929 bits per heavy atom. The van der Waals surface area contributed by atoms with Crippen LogP contribution in [0.5, 0.6) is 0 Å². The molecule has 0 fully saturated rings. The Morgan fingerprint density at radius 3 is 1.50 bits per heavy atom. The molecular formula is C12H28OSi. The molecule has 0 aromatic rings. The number of hydrogen-bond donors (Lipinski definition) is 0. The highest BCUT2D eigenvalue weighted by atomic mass is 28.4. The van der Waals surface area contributed by atoms with Gasteiger partial charge < -0.3 is 4.43 Å². The Kier molecular flexibility index (Phi) is 4.02. The summed E-state index contributed by atoms with van der Waals surface area (Å²) in [6.45, 7) is 20.4. The van der Waals surface area contributed by atoms with Crippen LogP contribution in [0.4, 0.5) is 0 Å². The van der Waals surface area contributed by atoms with Crippen molar-refractivity contribution >= 4 is 8.32 Å². The van der Waals surface area contributed by atoms with Crippen LogP contribution in [-0.2, 0) is 4.43 Å². The van der Waals surface area contributed by atoms with Gasteiger partial charge in [-0.25, -0.2) is 0 Å². The second-order valence-electron chi connectivity index (χ2n) is 6.62. The van der Waals surface area contributed by atoms with E-state index in [-0.39, 0.29) is 5.60 Å². The molecule has 0 aliphatic carbocycles. The Balaban J connectivity index is 4.67. The summed E-state index contributed by atoms with van der Waals surface area (Å²) < 4.78 is 6.39. The van der Waals surface area contributed by atoms with Gasteiger partial charge in [0.2, 0.25) is 0 Å². The molecule has 1 nitrogen and oxygen atoms in total. The summed E-state index contributed by atoms with van der Waals surface area (Å²) >= 11 is 0. The van der Waals surface area contributed by atoms with E-state index in [4.69, 9.17) is 4.43 Å². The molecule has 0 saturated carbocycles. The van der Waals surface area contributed by atoms with Crippen molar-refractivity contribution in [3.63, 3.8) is 0 Å². The van der Waals surface area contributed by atoms with Crippen molar-refractivity contribution in [3.8, 4) is 0 Å². The SMILES string of the molecule is CC(C)C(C)(C)O[Si](C)(C)C(C)(C)C. The van der Waals surface area contributed by atoms with E-state index in [1.165, 1.54) is 0 Å². The van der Waals surface area contributed by atoms with Crippen LogP contribution < -0.4 is 0 Å². The summed E-state index contributed by atoms with van der Waals surface area (Å²) in [4.78, 5) is 0. The fourth-order valence-electron chi connectivity index (χ4n) is 0.929. The Morgan fingerprint density at radius 2 is 1.29 bits per heavy atom. The molecule has 0 atom stereocenters. The van der Waals surface area contributed by atoms with Gasteiger partial charge >= 0.3 is 0 Å². The maximum Gasteiger partial charge on any atom is 0.192 e. The van der Waals surface area contributed by atoms with E-state index in [0.29, 0.717) is 11.0 Å². The van der Waals surface area contributed by atoms with E-state index < -0.39 is 8.32 Å². The van der Waals surface area contributed by atoms with Crippen LogP contribution in [0.15, 0.2) is 0 Å². The zero-order chi connectivity index (χ0) is 11.8. The van der Waals surface area contributed by atoms with Gasteiger partial charge in [-0.2, -0.15) is 0 Å². The molecule has 0 N–H and O–H groups in total. The molecule has 2 heteroatoms. The van der Waals surface area contributed by atoms with Gasteiger partial charge in [-0.05, 0) is 37.9 Å². The van der Waals surface area contributed by atoms with Gasteiger partial charge in [0, 0.05) is 0 Å². The zero-order valence-corrected chi connectivity index (χ0v) is 12.5. The van der Waals surface area contributed by atoms with Crippen molar-refractivity contribution in [1.82, 2.24) is 0 Å². The second kappa shape index (κ2) is 3.97. The zero-order valence-electron chi connectivity index (χ0n) is 11.5. The highest BCUT2D eigenvalue weighted by Gasteiger charge is 2.42. The van der Waals surface area contributed by atoms with Crippen LogP contribution in [0.3, 0.4) is 0 Å². The molecule has 0 radical (unpaired) electrons. The molecule has 0 saturated heterocycles. The van der Waals surface area contributed by atoms with Crippen LogP contribution in [0.1, 0.15) is 48.5 Å². The van der Waals surface area contributed by atoms with Gasteiger partial charge in [0.05, 0.1) is 5.60 Å². The lowest BCUT2D eigenvalue weighted by atomic mass is 9.95.